The third-order valence-electron chi connectivity index (χ3n) is 2.93. The molecule has 0 aliphatic carbocycles. The van der Waals surface area contributed by atoms with Crippen molar-refractivity contribution in [2.24, 2.45) is 5.92 Å². The van der Waals surface area contributed by atoms with Gasteiger partial charge >= 0.3 is 0 Å². The van der Waals surface area contributed by atoms with Crippen LogP contribution in [0.4, 0.5) is 0 Å². The summed E-state index contributed by atoms with van der Waals surface area (Å²) in [7, 11) is 0. The van der Waals surface area contributed by atoms with Crippen LogP contribution < -0.4 is 5.32 Å². The molecular weight excluding hydrogens is 370 g/mol. The summed E-state index contributed by atoms with van der Waals surface area (Å²) in [6.45, 7) is 6.52. The molecule has 0 amide bonds. The number of halogens is 2. The second-order valence-corrected chi connectivity index (χ2v) is 7.65. The number of aromatic nitrogens is 2. The van der Waals surface area contributed by atoms with Crippen LogP contribution in [0, 0.1) is 5.92 Å². The minimum absolute atomic E-state index is 0.695. The van der Waals surface area contributed by atoms with Gasteiger partial charge in [0, 0.05) is 16.5 Å². The topological polar surface area (TPSA) is 37.8 Å². The van der Waals surface area contributed by atoms with E-state index >= 15 is 0 Å². The van der Waals surface area contributed by atoms with E-state index in [1.807, 2.05) is 18.2 Å². The molecule has 2 aromatic rings. The molecule has 0 radical (unpaired) electrons. The minimum atomic E-state index is 0.695. The van der Waals surface area contributed by atoms with Gasteiger partial charge in [-0.2, -0.15) is 0 Å². The first kappa shape index (κ1) is 16.9. The number of aryl methyl sites for hydroxylation is 1. The Morgan fingerprint density at radius 3 is 2.86 bits per heavy atom. The zero-order valence-corrected chi connectivity index (χ0v) is 15.4. The van der Waals surface area contributed by atoms with Crippen molar-refractivity contribution in [2.75, 3.05) is 13.1 Å². The number of nitrogens with one attached hydrogen (secondary N) is 1. The van der Waals surface area contributed by atoms with Gasteiger partial charge in [-0.15, -0.1) is 10.2 Å². The van der Waals surface area contributed by atoms with Crippen molar-refractivity contribution in [2.45, 2.75) is 26.7 Å². The molecular formula is C15H19BrClN3S. The van der Waals surface area contributed by atoms with Crippen molar-refractivity contribution in [3.05, 3.63) is 32.7 Å². The molecule has 21 heavy (non-hydrogen) atoms. The molecule has 114 valence electrons. The Balaban J connectivity index is 1.87. The van der Waals surface area contributed by atoms with Gasteiger partial charge in [0.25, 0.3) is 0 Å². The van der Waals surface area contributed by atoms with E-state index in [1.54, 1.807) is 11.3 Å². The van der Waals surface area contributed by atoms with Crippen molar-refractivity contribution in [1.82, 2.24) is 15.5 Å². The fourth-order valence-electron chi connectivity index (χ4n) is 1.86. The Morgan fingerprint density at radius 2 is 2.14 bits per heavy atom. The summed E-state index contributed by atoms with van der Waals surface area (Å²) in [5.74, 6) is 0.695. The lowest BCUT2D eigenvalue weighted by Gasteiger charge is -2.05. The number of nitrogens with zero attached hydrogens (tertiary/aromatic N) is 2. The summed E-state index contributed by atoms with van der Waals surface area (Å²) in [4.78, 5) is 0. The quantitative estimate of drug-likeness (QED) is 0.692. The molecule has 0 saturated carbocycles. The molecule has 0 spiro atoms. The summed E-state index contributed by atoms with van der Waals surface area (Å²) in [6, 6.07) is 5.86. The second-order valence-electron chi connectivity index (χ2n) is 5.33. The lowest BCUT2D eigenvalue weighted by Crippen LogP contribution is -2.21. The molecule has 0 bridgehead atoms. The average Bonchev–Trinajstić information content (AvgIpc) is 2.90. The van der Waals surface area contributed by atoms with Crippen LogP contribution in [-0.4, -0.2) is 23.3 Å². The van der Waals surface area contributed by atoms with Crippen LogP contribution in [0.25, 0.3) is 10.6 Å². The van der Waals surface area contributed by atoms with Gasteiger partial charge in [0.05, 0.1) is 5.02 Å². The highest BCUT2D eigenvalue weighted by Crippen LogP contribution is 2.30. The summed E-state index contributed by atoms with van der Waals surface area (Å²) in [6.07, 6.45) is 2.05. The molecule has 0 unspecified atom stereocenters. The molecule has 0 fully saturated rings. The Labute approximate surface area is 143 Å². The van der Waals surface area contributed by atoms with Crippen LogP contribution in [0.2, 0.25) is 5.02 Å². The molecule has 1 N–H and O–H groups in total. The predicted molar refractivity (Wildman–Crippen MR) is 94.1 cm³/mol. The van der Waals surface area contributed by atoms with Gasteiger partial charge in [-0.3, -0.25) is 0 Å². The highest BCUT2D eigenvalue weighted by molar-refractivity contribution is 9.10. The van der Waals surface area contributed by atoms with Crippen molar-refractivity contribution in [3.63, 3.8) is 0 Å². The van der Waals surface area contributed by atoms with Crippen LogP contribution in [-0.2, 0) is 6.42 Å². The molecule has 6 heteroatoms. The number of hydrogen-bond donors (Lipinski definition) is 1. The first-order chi connectivity index (χ1) is 10.1. The van der Waals surface area contributed by atoms with E-state index in [2.05, 4.69) is 45.3 Å². The molecule has 1 aromatic heterocycles. The Hall–Kier alpha value is -0.490. The molecule has 0 aliphatic heterocycles. The van der Waals surface area contributed by atoms with Crippen LogP contribution in [0.5, 0.6) is 0 Å². The van der Waals surface area contributed by atoms with Crippen molar-refractivity contribution >= 4 is 38.9 Å². The van der Waals surface area contributed by atoms with Gasteiger partial charge in [-0.05, 0) is 53.5 Å². The third kappa shape index (κ3) is 5.33. The van der Waals surface area contributed by atoms with Crippen molar-refractivity contribution < 1.29 is 0 Å². The fourth-order valence-corrected chi connectivity index (χ4v) is 3.16. The minimum Gasteiger partial charge on any atom is -0.316 e. The Bertz CT molecular complexity index is 586. The SMILES string of the molecule is CC(C)CNCCCc1nnc(-c2ccc(Br)c(Cl)c2)s1. The van der Waals surface area contributed by atoms with E-state index < -0.39 is 0 Å². The smallest absolute Gasteiger partial charge is 0.147 e. The Morgan fingerprint density at radius 1 is 1.33 bits per heavy atom. The number of rotatable bonds is 7. The summed E-state index contributed by atoms with van der Waals surface area (Å²) < 4.78 is 0.897. The van der Waals surface area contributed by atoms with E-state index in [-0.39, 0.29) is 0 Å². The van der Waals surface area contributed by atoms with Crippen LogP contribution in [0.15, 0.2) is 22.7 Å². The maximum Gasteiger partial charge on any atom is 0.147 e. The highest BCUT2D eigenvalue weighted by Gasteiger charge is 2.08. The lowest BCUT2D eigenvalue weighted by molar-refractivity contribution is 0.542. The van der Waals surface area contributed by atoms with E-state index in [0.29, 0.717) is 10.9 Å². The molecule has 1 aromatic carbocycles. The van der Waals surface area contributed by atoms with Gasteiger partial charge in [-0.25, -0.2) is 0 Å². The largest absolute Gasteiger partial charge is 0.316 e. The fraction of sp³-hybridized carbons (Fsp3) is 0.467. The van der Waals surface area contributed by atoms with Gasteiger partial charge in [0.2, 0.25) is 0 Å². The first-order valence-corrected chi connectivity index (χ1v) is 9.03. The van der Waals surface area contributed by atoms with E-state index in [1.165, 1.54) is 0 Å². The first-order valence-electron chi connectivity index (χ1n) is 7.05. The van der Waals surface area contributed by atoms with Crippen LogP contribution in [0.1, 0.15) is 25.3 Å². The van der Waals surface area contributed by atoms with Crippen molar-refractivity contribution in [3.8, 4) is 10.6 Å². The van der Waals surface area contributed by atoms with Crippen molar-refractivity contribution in [1.29, 1.82) is 0 Å². The molecule has 0 saturated heterocycles. The monoisotopic (exact) mass is 387 g/mol. The summed E-state index contributed by atoms with van der Waals surface area (Å²) in [5, 5.41) is 14.7. The number of benzene rings is 1. The predicted octanol–water partition coefficient (Wildman–Crippen LogP) is 4.80. The maximum atomic E-state index is 6.12. The highest BCUT2D eigenvalue weighted by atomic mass is 79.9. The van der Waals surface area contributed by atoms with Crippen LogP contribution >= 0.6 is 38.9 Å². The second kappa shape index (κ2) is 8.22. The van der Waals surface area contributed by atoms with Gasteiger partial charge in [0.15, 0.2) is 0 Å². The lowest BCUT2D eigenvalue weighted by atomic mass is 10.2. The molecule has 1 heterocycles. The summed E-state index contributed by atoms with van der Waals surface area (Å²) in [5.41, 5.74) is 1.02. The Kier molecular flexibility index (Phi) is 6.61. The molecule has 3 nitrogen and oxygen atoms in total. The van der Waals surface area contributed by atoms with E-state index in [9.17, 15) is 0 Å². The van der Waals surface area contributed by atoms with E-state index in [0.717, 1.165) is 46.0 Å². The third-order valence-corrected chi connectivity index (χ3v) is 5.19. The van der Waals surface area contributed by atoms with Gasteiger partial charge in [-0.1, -0.05) is 42.9 Å². The number of hydrogen-bond acceptors (Lipinski definition) is 4. The zero-order chi connectivity index (χ0) is 15.2. The van der Waals surface area contributed by atoms with E-state index in [4.69, 9.17) is 11.6 Å². The average molecular weight is 389 g/mol. The maximum absolute atomic E-state index is 6.12. The molecule has 0 atom stereocenters. The molecule has 0 aliphatic rings. The normalized spacial score (nSPS) is 11.3. The van der Waals surface area contributed by atoms with Crippen LogP contribution in [0.3, 0.4) is 0 Å². The standard InChI is InChI=1S/C15H19BrClN3S/c1-10(2)9-18-7-3-4-14-19-20-15(21-14)11-5-6-12(16)13(17)8-11/h5-6,8,10,18H,3-4,7,9H2,1-2H3. The van der Waals surface area contributed by atoms with Gasteiger partial charge in [0.1, 0.15) is 10.0 Å². The summed E-state index contributed by atoms with van der Waals surface area (Å²) >= 11 is 11.2. The zero-order valence-electron chi connectivity index (χ0n) is 12.2. The van der Waals surface area contributed by atoms with Gasteiger partial charge < -0.3 is 5.32 Å². The molecule has 2 rings (SSSR count).